The number of nitrogens with zero attached hydrogens (tertiary/aromatic N) is 3. The number of hydrogen-bond acceptors (Lipinski definition) is 6. The van der Waals surface area contributed by atoms with Gasteiger partial charge in [-0.25, -0.2) is 22.2 Å². The number of halogens is 4. The zero-order valence-electron chi connectivity index (χ0n) is 19.5. The van der Waals surface area contributed by atoms with Crippen LogP contribution in [0.5, 0.6) is 0 Å². The molecule has 7 nitrogen and oxygen atoms in total. The number of ether oxygens (including phenoxy) is 1. The molecule has 0 aliphatic carbocycles. The number of pyridine rings is 1. The molecular weight excluding hydrogens is 505 g/mol. The predicted molar refractivity (Wildman–Crippen MR) is 128 cm³/mol. The molecule has 192 valence electrons. The van der Waals surface area contributed by atoms with Crippen LogP contribution < -0.4 is 9.62 Å². The van der Waals surface area contributed by atoms with Crippen molar-refractivity contribution in [2.75, 3.05) is 49.5 Å². The van der Waals surface area contributed by atoms with Gasteiger partial charge in [-0.15, -0.1) is 0 Å². The zero-order chi connectivity index (χ0) is 25.4. The van der Waals surface area contributed by atoms with Gasteiger partial charge in [-0.3, -0.25) is 4.72 Å². The zero-order valence-corrected chi connectivity index (χ0v) is 21.1. The van der Waals surface area contributed by atoms with Crippen LogP contribution in [0.3, 0.4) is 0 Å². The van der Waals surface area contributed by atoms with E-state index in [2.05, 4.69) is 16.8 Å². The Bertz CT molecular complexity index is 1190. The number of piperidine rings is 1. The maximum absolute atomic E-state index is 15.1. The first kappa shape index (κ1) is 26.0. The lowest BCUT2D eigenvalue weighted by atomic mass is 9.88. The summed E-state index contributed by atoms with van der Waals surface area (Å²) in [7, 11) is -3.15. The highest BCUT2D eigenvalue weighted by molar-refractivity contribution is 7.92. The summed E-state index contributed by atoms with van der Waals surface area (Å²) in [5, 5.41) is -0.520. The van der Waals surface area contributed by atoms with Gasteiger partial charge in [-0.05, 0) is 43.9 Å². The van der Waals surface area contributed by atoms with Crippen LogP contribution in [0.15, 0.2) is 29.2 Å². The summed E-state index contributed by atoms with van der Waals surface area (Å²) in [4.78, 5) is 6.17. The van der Waals surface area contributed by atoms with Crippen LogP contribution in [0.2, 0.25) is 5.02 Å². The molecule has 2 saturated heterocycles. The molecule has 1 aromatic heterocycles. The van der Waals surface area contributed by atoms with Crippen molar-refractivity contribution < 1.29 is 26.3 Å². The lowest BCUT2D eigenvalue weighted by Gasteiger charge is -2.51. The first-order valence-corrected chi connectivity index (χ1v) is 13.2. The lowest BCUT2D eigenvalue weighted by Crippen LogP contribution is -2.64. The summed E-state index contributed by atoms with van der Waals surface area (Å²) in [6.07, 6.45) is 3.16. The fraction of sp³-hybridized carbons (Fsp3) is 0.522. The highest BCUT2D eigenvalue weighted by Gasteiger charge is 2.45. The summed E-state index contributed by atoms with van der Waals surface area (Å²) < 4.78 is 76.2. The van der Waals surface area contributed by atoms with E-state index >= 15 is 4.39 Å². The Hall–Kier alpha value is -2.08. The molecule has 2 aliphatic rings. The van der Waals surface area contributed by atoms with Gasteiger partial charge in [0.15, 0.2) is 10.7 Å². The first-order valence-electron chi connectivity index (χ1n) is 11.4. The lowest BCUT2D eigenvalue weighted by molar-refractivity contribution is -0.0467. The molecule has 1 aromatic carbocycles. The molecule has 0 unspecified atom stereocenters. The van der Waals surface area contributed by atoms with Crippen molar-refractivity contribution >= 4 is 33.1 Å². The van der Waals surface area contributed by atoms with Gasteiger partial charge in [-0.2, -0.15) is 4.39 Å². The number of aromatic nitrogens is 1. The number of anilines is 2. The standard InChI is InChI=1S/C23H28ClF3N4O3S/c1-15-5-4-9-30(12-15)10-8-23(34-2)13-31(14-23)17-11-16(25)22(21(27)20(17)24)35(32,33)29-19-7-3-6-18(26)28-19/h3,6-7,11,15H,4-5,8-10,12-14H2,1-2H3,(H,28,29)/t15-/m1/s1. The molecule has 0 amide bonds. The average molecular weight is 533 g/mol. The molecular formula is C23H28ClF3N4O3S. The van der Waals surface area contributed by atoms with E-state index < -0.39 is 48.9 Å². The minimum atomic E-state index is -4.76. The van der Waals surface area contributed by atoms with E-state index in [0.717, 1.165) is 44.3 Å². The predicted octanol–water partition coefficient (Wildman–Crippen LogP) is 4.28. The maximum atomic E-state index is 15.1. The Labute approximate surface area is 208 Å². The monoisotopic (exact) mass is 532 g/mol. The minimum absolute atomic E-state index is 0.0452. The molecule has 2 aromatic rings. The first-order chi connectivity index (χ1) is 16.5. The fourth-order valence-corrected chi connectivity index (χ4v) is 6.23. The van der Waals surface area contributed by atoms with Crippen LogP contribution in [0.25, 0.3) is 0 Å². The summed E-state index contributed by atoms with van der Waals surface area (Å²) >= 11 is 6.16. The highest BCUT2D eigenvalue weighted by Crippen LogP contribution is 2.40. The Morgan fingerprint density at radius 1 is 1.29 bits per heavy atom. The Morgan fingerprint density at radius 3 is 2.69 bits per heavy atom. The Balaban J connectivity index is 1.49. The van der Waals surface area contributed by atoms with Crippen LogP contribution in [-0.4, -0.2) is 63.7 Å². The van der Waals surface area contributed by atoms with Gasteiger partial charge < -0.3 is 14.5 Å². The third kappa shape index (κ3) is 5.52. The van der Waals surface area contributed by atoms with Crippen LogP contribution in [-0.2, 0) is 14.8 Å². The molecule has 0 bridgehead atoms. The van der Waals surface area contributed by atoms with Crippen molar-refractivity contribution in [2.24, 2.45) is 5.92 Å². The van der Waals surface area contributed by atoms with E-state index in [-0.39, 0.29) is 5.69 Å². The average Bonchev–Trinajstić information content (AvgIpc) is 2.76. The Kier molecular flexibility index (Phi) is 7.51. The van der Waals surface area contributed by atoms with Gasteiger partial charge in [0, 0.05) is 39.4 Å². The van der Waals surface area contributed by atoms with Crippen molar-refractivity contribution in [1.29, 1.82) is 0 Å². The summed E-state index contributed by atoms with van der Waals surface area (Å²) in [5.74, 6) is -3.45. The van der Waals surface area contributed by atoms with Crippen molar-refractivity contribution in [3.8, 4) is 0 Å². The SMILES string of the molecule is COC1(CCN2CCC[C@@H](C)C2)CN(c2cc(F)c(S(=O)(=O)Nc3cccc(F)n3)c(F)c2Cl)C1. The summed E-state index contributed by atoms with van der Waals surface area (Å²) in [5.41, 5.74) is -0.435. The molecule has 4 rings (SSSR count). The normalized spacial score (nSPS) is 20.5. The van der Waals surface area contributed by atoms with E-state index in [1.807, 2.05) is 4.72 Å². The molecule has 35 heavy (non-hydrogen) atoms. The van der Waals surface area contributed by atoms with Gasteiger partial charge in [0.2, 0.25) is 5.95 Å². The summed E-state index contributed by atoms with van der Waals surface area (Å²) in [6.45, 7) is 5.92. The second-order valence-electron chi connectivity index (χ2n) is 9.33. The second kappa shape index (κ2) is 10.1. The number of hydrogen-bond donors (Lipinski definition) is 1. The third-order valence-corrected chi connectivity index (χ3v) is 8.43. The molecule has 0 radical (unpaired) electrons. The number of likely N-dealkylation sites (tertiary alicyclic amines) is 1. The van der Waals surface area contributed by atoms with Crippen molar-refractivity contribution in [1.82, 2.24) is 9.88 Å². The minimum Gasteiger partial charge on any atom is -0.374 e. The molecule has 1 atom stereocenters. The number of sulfonamides is 1. The van der Waals surface area contributed by atoms with Gasteiger partial charge in [0.05, 0.1) is 5.69 Å². The van der Waals surface area contributed by atoms with Gasteiger partial charge in [0.25, 0.3) is 10.0 Å². The Morgan fingerprint density at radius 2 is 2.03 bits per heavy atom. The van der Waals surface area contributed by atoms with Crippen LogP contribution in [0.1, 0.15) is 26.2 Å². The third-order valence-electron chi connectivity index (χ3n) is 6.68. The molecule has 2 fully saturated rings. The maximum Gasteiger partial charge on any atom is 0.268 e. The molecule has 12 heteroatoms. The van der Waals surface area contributed by atoms with Crippen molar-refractivity contribution in [3.63, 3.8) is 0 Å². The molecule has 0 saturated carbocycles. The molecule has 2 aliphatic heterocycles. The van der Waals surface area contributed by atoms with Crippen molar-refractivity contribution in [2.45, 2.75) is 36.7 Å². The van der Waals surface area contributed by atoms with Gasteiger partial charge in [0.1, 0.15) is 22.3 Å². The number of nitrogens with one attached hydrogen (secondary N) is 1. The van der Waals surface area contributed by atoms with E-state index in [1.165, 1.54) is 18.9 Å². The second-order valence-corrected chi connectivity index (χ2v) is 11.3. The van der Waals surface area contributed by atoms with Crippen LogP contribution >= 0.6 is 11.6 Å². The number of methoxy groups -OCH3 is 1. The molecule has 0 spiro atoms. The largest absolute Gasteiger partial charge is 0.374 e. The molecule has 1 N–H and O–H groups in total. The van der Waals surface area contributed by atoms with E-state index in [0.29, 0.717) is 19.0 Å². The number of rotatable bonds is 8. The van der Waals surface area contributed by atoms with Crippen LogP contribution in [0.4, 0.5) is 24.7 Å². The smallest absolute Gasteiger partial charge is 0.268 e. The summed E-state index contributed by atoms with van der Waals surface area (Å²) in [6, 6.07) is 4.26. The van der Waals surface area contributed by atoms with Gasteiger partial charge >= 0.3 is 0 Å². The molecule has 3 heterocycles. The van der Waals surface area contributed by atoms with Crippen LogP contribution in [0, 0.1) is 23.5 Å². The van der Waals surface area contributed by atoms with E-state index in [9.17, 15) is 17.2 Å². The highest BCUT2D eigenvalue weighted by atomic mass is 35.5. The van der Waals surface area contributed by atoms with E-state index in [1.54, 1.807) is 12.0 Å². The fourth-order valence-electron chi connectivity index (χ4n) is 4.76. The van der Waals surface area contributed by atoms with E-state index in [4.69, 9.17) is 16.3 Å². The number of benzene rings is 1. The van der Waals surface area contributed by atoms with Crippen molar-refractivity contribution in [3.05, 3.63) is 46.9 Å². The van der Waals surface area contributed by atoms with Gasteiger partial charge in [-0.1, -0.05) is 24.6 Å². The quantitative estimate of drug-likeness (QED) is 0.404. The topological polar surface area (TPSA) is 74.8 Å².